The van der Waals surface area contributed by atoms with Gasteiger partial charge in [0.25, 0.3) is 5.91 Å². The Morgan fingerprint density at radius 2 is 1.94 bits per heavy atom. The van der Waals surface area contributed by atoms with Crippen molar-refractivity contribution in [2.75, 3.05) is 23.3 Å². The lowest BCUT2D eigenvalue weighted by molar-refractivity contribution is 0.0867. The molecule has 1 aliphatic heterocycles. The van der Waals surface area contributed by atoms with E-state index in [1.165, 1.54) is 6.42 Å². The highest BCUT2D eigenvalue weighted by molar-refractivity contribution is 5.98. The number of carbonyl (C=O) groups excluding carboxylic acids is 1. The molecule has 3 aliphatic rings. The predicted octanol–water partition coefficient (Wildman–Crippen LogP) is 2.38. The number of hydrogen-bond acceptors (Lipinski definition) is 7. The van der Waals surface area contributed by atoms with Crippen LogP contribution in [0.2, 0.25) is 0 Å². The molecule has 2 saturated carbocycles. The van der Waals surface area contributed by atoms with Gasteiger partial charge in [-0.15, -0.1) is 0 Å². The van der Waals surface area contributed by atoms with Gasteiger partial charge in [-0.25, -0.2) is 4.98 Å². The van der Waals surface area contributed by atoms with Crippen LogP contribution in [0.4, 0.5) is 11.8 Å². The molecule has 2 unspecified atom stereocenters. The van der Waals surface area contributed by atoms with Crippen LogP contribution < -0.4 is 15.5 Å². The van der Waals surface area contributed by atoms with Crippen molar-refractivity contribution >= 4 is 17.7 Å². The van der Waals surface area contributed by atoms with Gasteiger partial charge < -0.3 is 25.7 Å². The molecule has 1 saturated heterocycles. The number of piperidine rings is 1. The maximum Gasteiger partial charge on any atom is 0.256 e. The van der Waals surface area contributed by atoms with Gasteiger partial charge in [0, 0.05) is 31.9 Å². The van der Waals surface area contributed by atoms with Gasteiger partial charge in [0.2, 0.25) is 5.95 Å². The SMILES string of the molecule is Cc1cc(CNc2nc(N3CC4CC4C3)ncc2C(=O)NC2CCC(O)CC2)ccc1CO. The number of hydrogen-bond donors (Lipinski definition) is 4. The van der Waals surface area contributed by atoms with Crippen molar-refractivity contribution in [3.8, 4) is 0 Å². The lowest BCUT2D eigenvalue weighted by atomic mass is 9.93. The number of rotatable bonds is 7. The molecule has 1 aromatic carbocycles. The number of nitrogens with zero attached hydrogens (tertiary/aromatic N) is 3. The Morgan fingerprint density at radius 3 is 2.64 bits per heavy atom. The summed E-state index contributed by atoms with van der Waals surface area (Å²) in [5.41, 5.74) is 3.44. The monoisotopic (exact) mass is 451 g/mol. The van der Waals surface area contributed by atoms with Crippen molar-refractivity contribution in [3.63, 3.8) is 0 Å². The van der Waals surface area contributed by atoms with Crippen molar-refractivity contribution in [2.45, 2.75) is 64.3 Å². The molecule has 8 nitrogen and oxygen atoms in total. The van der Waals surface area contributed by atoms with Gasteiger partial charge >= 0.3 is 0 Å². The lowest BCUT2D eigenvalue weighted by Gasteiger charge is -2.26. The molecule has 2 atom stereocenters. The summed E-state index contributed by atoms with van der Waals surface area (Å²) in [6.07, 6.45) is 5.68. The molecule has 0 bridgehead atoms. The molecule has 0 radical (unpaired) electrons. The second kappa shape index (κ2) is 9.27. The molecule has 3 fully saturated rings. The number of nitrogens with one attached hydrogen (secondary N) is 2. The van der Waals surface area contributed by atoms with E-state index in [2.05, 4.69) is 20.5 Å². The van der Waals surface area contributed by atoms with Crippen molar-refractivity contribution < 1.29 is 15.0 Å². The molecule has 2 aromatic rings. The van der Waals surface area contributed by atoms with E-state index < -0.39 is 0 Å². The standard InChI is InChI=1S/C25H33N5O3/c1-15-8-16(2-3-17(15)14-31)10-26-23-22(24(33)28-20-4-6-21(32)7-5-20)11-27-25(29-23)30-12-18-9-19(18)13-30/h2-3,8,11,18-21,31-32H,4-7,9-10,12-14H2,1H3,(H,28,33)(H,26,27,29). The summed E-state index contributed by atoms with van der Waals surface area (Å²) in [5.74, 6) is 2.57. The third kappa shape index (κ3) is 4.96. The number of aromatic nitrogens is 2. The maximum atomic E-state index is 13.1. The van der Waals surface area contributed by atoms with Crippen LogP contribution in [0.1, 0.15) is 59.2 Å². The Bertz CT molecular complexity index is 1010. The molecular formula is C25H33N5O3. The van der Waals surface area contributed by atoms with E-state index in [1.807, 2.05) is 25.1 Å². The topological polar surface area (TPSA) is 111 Å². The third-order valence-electron chi connectivity index (χ3n) is 7.35. The van der Waals surface area contributed by atoms with E-state index in [0.717, 1.165) is 54.5 Å². The molecule has 2 aliphatic carbocycles. The summed E-state index contributed by atoms with van der Waals surface area (Å²) in [5, 5.41) is 25.6. The fourth-order valence-electron chi connectivity index (χ4n) is 5.10. The van der Waals surface area contributed by atoms with E-state index in [9.17, 15) is 15.0 Å². The van der Waals surface area contributed by atoms with E-state index in [1.54, 1.807) is 6.20 Å². The number of benzene rings is 1. The number of fused-ring (bicyclic) bond motifs is 1. The van der Waals surface area contributed by atoms with Crippen LogP contribution in [0.5, 0.6) is 0 Å². The van der Waals surface area contributed by atoms with E-state index in [0.29, 0.717) is 36.7 Å². The Kier molecular flexibility index (Phi) is 6.21. The first-order chi connectivity index (χ1) is 16.0. The second-order valence-corrected chi connectivity index (χ2v) is 9.84. The van der Waals surface area contributed by atoms with Gasteiger partial charge in [0.1, 0.15) is 11.4 Å². The smallest absolute Gasteiger partial charge is 0.256 e. The van der Waals surface area contributed by atoms with Crippen molar-refractivity contribution in [1.29, 1.82) is 0 Å². The van der Waals surface area contributed by atoms with Crippen molar-refractivity contribution in [3.05, 3.63) is 46.6 Å². The third-order valence-corrected chi connectivity index (χ3v) is 7.35. The first kappa shape index (κ1) is 22.1. The predicted molar refractivity (Wildman–Crippen MR) is 126 cm³/mol. The van der Waals surface area contributed by atoms with Crippen LogP contribution in [0.3, 0.4) is 0 Å². The van der Waals surface area contributed by atoms with Gasteiger partial charge in [-0.3, -0.25) is 4.79 Å². The summed E-state index contributed by atoms with van der Waals surface area (Å²) >= 11 is 0. The lowest BCUT2D eigenvalue weighted by Crippen LogP contribution is -2.39. The average molecular weight is 452 g/mol. The molecule has 1 aromatic heterocycles. The molecule has 1 amide bonds. The number of aliphatic hydroxyl groups is 2. The van der Waals surface area contributed by atoms with Gasteiger partial charge in [-0.2, -0.15) is 4.98 Å². The molecule has 4 N–H and O–H groups in total. The first-order valence-electron chi connectivity index (χ1n) is 12.0. The van der Waals surface area contributed by atoms with Crippen LogP contribution in [-0.2, 0) is 13.2 Å². The van der Waals surface area contributed by atoms with Gasteiger partial charge in [0.05, 0.1) is 12.7 Å². The number of amides is 1. The minimum Gasteiger partial charge on any atom is -0.393 e. The molecule has 2 heterocycles. The van der Waals surface area contributed by atoms with Crippen LogP contribution in [0.25, 0.3) is 0 Å². The Morgan fingerprint density at radius 1 is 1.18 bits per heavy atom. The zero-order valence-corrected chi connectivity index (χ0v) is 19.1. The Balaban J connectivity index is 1.34. The number of anilines is 2. The summed E-state index contributed by atoms with van der Waals surface area (Å²) in [7, 11) is 0. The molecule has 176 valence electrons. The van der Waals surface area contributed by atoms with Crippen molar-refractivity contribution in [1.82, 2.24) is 15.3 Å². The van der Waals surface area contributed by atoms with Crippen molar-refractivity contribution in [2.24, 2.45) is 11.8 Å². The molecule has 33 heavy (non-hydrogen) atoms. The highest BCUT2D eigenvalue weighted by atomic mass is 16.3. The van der Waals surface area contributed by atoms with Crippen LogP contribution in [0, 0.1) is 18.8 Å². The fraction of sp³-hybridized carbons (Fsp3) is 0.560. The normalized spacial score (nSPS) is 26.1. The van der Waals surface area contributed by atoms with Gasteiger partial charge in [-0.05, 0) is 67.6 Å². The highest BCUT2D eigenvalue weighted by Gasteiger charge is 2.46. The van der Waals surface area contributed by atoms with Gasteiger partial charge in [0.15, 0.2) is 0 Å². The number of aryl methyl sites for hydroxylation is 1. The van der Waals surface area contributed by atoms with Crippen LogP contribution in [0.15, 0.2) is 24.4 Å². The zero-order valence-electron chi connectivity index (χ0n) is 19.1. The fourth-order valence-corrected chi connectivity index (χ4v) is 5.10. The minimum absolute atomic E-state index is 0.0230. The second-order valence-electron chi connectivity index (χ2n) is 9.84. The quantitative estimate of drug-likeness (QED) is 0.512. The number of aliphatic hydroxyl groups excluding tert-OH is 2. The summed E-state index contributed by atoms with van der Waals surface area (Å²) in [6.45, 7) is 4.50. The zero-order chi connectivity index (χ0) is 22.9. The average Bonchev–Trinajstić information content (AvgIpc) is 3.43. The maximum absolute atomic E-state index is 13.1. The molecular weight excluding hydrogens is 418 g/mol. The molecule has 8 heteroatoms. The number of carbonyl (C=O) groups is 1. The summed E-state index contributed by atoms with van der Waals surface area (Å²) in [6, 6.07) is 6.02. The molecule has 5 rings (SSSR count). The minimum atomic E-state index is -0.259. The molecule has 0 spiro atoms. The summed E-state index contributed by atoms with van der Waals surface area (Å²) < 4.78 is 0. The van der Waals surface area contributed by atoms with Gasteiger partial charge in [-0.1, -0.05) is 18.2 Å². The Hall–Kier alpha value is -2.71. The highest BCUT2D eigenvalue weighted by Crippen LogP contribution is 2.45. The van der Waals surface area contributed by atoms with E-state index in [-0.39, 0.29) is 24.7 Å². The largest absolute Gasteiger partial charge is 0.393 e. The van der Waals surface area contributed by atoms with E-state index >= 15 is 0 Å². The first-order valence-corrected chi connectivity index (χ1v) is 12.0. The van der Waals surface area contributed by atoms with Crippen LogP contribution in [-0.4, -0.2) is 51.3 Å². The van der Waals surface area contributed by atoms with Crippen LogP contribution >= 0.6 is 0 Å². The summed E-state index contributed by atoms with van der Waals surface area (Å²) in [4.78, 5) is 24.6. The van der Waals surface area contributed by atoms with E-state index in [4.69, 9.17) is 4.98 Å². The Labute approximate surface area is 194 Å².